The maximum Gasteiger partial charge on any atom is 0.161 e. The van der Waals surface area contributed by atoms with E-state index in [1.165, 1.54) is 0 Å². The fourth-order valence-corrected chi connectivity index (χ4v) is 2.22. The molecule has 3 rings (SSSR count). The number of aliphatic hydroxyl groups excluding tert-OH is 1. The zero-order valence-electron chi connectivity index (χ0n) is 11.7. The van der Waals surface area contributed by atoms with Crippen LogP contribution in [0.3, 0.4) is 0 Å². The van der Waals surface area contributed by atoms with Crippen molar-refractivity contribution in [2.45, 2.75) is 12.6 Å². The minimum absolute atomic E-state index is 0.455. The molecule has 0 bridgehead atoms. The van der Waals surface area contributed by atoms with Crippen molar-refractivity contribution < 1.29 is 14.6 Å². The van der Waals surface area contributed by atoms with Gasteiger partial charge in [-0.2, -0.15) is 0 Å². The van der Waals surface area contributed by atoms with E-state index in [0.29, 0.717) is 32.1 Å². The van der Waals surface area contributed by atoms with Crippen LogP contribution in [0.15, 0.2) is 42.6 Å². The van der Waals surface area contributed by atoms with Crippen LogP contribution < -0.4 is 14.8 Å². The fourth-order valence-electron chi connectivity index (χ4n) is 2.22. The lowest BCUT2D eigenvalue weighted by Gasteiger charge is -2.20. The summed E-state index contributed by atoms with van der Waals surface area (Å²) in [6, 6.07) is 11.3. The van der Waals surface area contributed by atoms with Crippen molar-refractivity contribution in [1.29, 1.82) is 0 Å². The van der Waals surface area contributed by atoms with Gasteiger partial charge in [-0.05, 0) is 29.8 Å². The Bertz CT molecular complexity index is 589. The van der Waals surface area contributed by atoms with Crippen LogP contribution in [0.1, 0.15) is 17.4 Å². The van der Waals surface area contributed by atoms with Crippen LogP contribution in [0.5, 0.6) is 11.5 Å². The van der Waals surface area contributed by atoms with E-state index in [-0.39, 0.29) is 0 Å². The molecule has 2 heterocycles. The van der Waals surface area contributed by atoms with Gasteiger partial charge in [0.2, 0.25) is 0 Å². The third-order valence-electron chi connectivity index (χ3n) is 3.32. The van der Waals surface area contributed by atoms with Gasteiger partial charge in [0.1, 0.15) is 13.2 Å². The number of hydrogen-bond acceptors (Lipinski definition) is 5. The number of benzene rings is 1. The monoisotopic (exact) mass is 286 g/mol. The predicted octanol–water partition coefficient (Wildman–Crippen LogP) is 1.68. The van der Waals surface area contributed by atoms with Gasteiger partial charge >= 0.3 is 0 Å². The molecule has 0 amide bonds. The molecule has 0 spiro atoms. The Morgan fingerprint density at radius 1 is 1.14 bits per heavy atom. The van der Waals surface area contributed by atoms with Crippen LogP contribution >= 0.6 is 0 Å². The minimum atomic E-state index is -0.593. The first-order valence-corrected chi connectivity index (χ1v) is 7.01. The summed E-state index contributed by atoms with van der Waals surface area (Å²) in [6.45, 7) is 2.20. The summed E-state index contributed by atoms with van der Waals surface area (Å²) in [4.78, 5) is 4.23. The Morgan fingerprint density at radius 2 is 2.00 bits per heavy atom. The standard InChI is InChI=1S/C16H18N2O3/c19-14(11-17-10-13-3-1-2-6-18-13)12-4-5-15-16(9-12)21-8-7-20-15/h1-6,9,14,17,19H,7-8,10-11H2. The van der Waals surface area contributed by atoms with Gasteiger partial charge in [-0.25, -0.2) is 0 Å². The predicted molar refractivity (Wildman–Crippen MR) is 78.3 cm³/mol. The second-order valence-electron chi connectivity index (χ2n) is 4.87. The first kappa shape index (κ1) is 13.9. The molecular weight excluding hydrogens is 268 g/mol. The Kier molecular flexibility index (Phi) is 4.33. The number of hydrogen-bond donors (Lipinski definition) is 2. The zero-order valence-corrected chi connectivity index (χ0v) is 11.7. The SMILES string of the molecule is OC(CNCc1ccccn1)c1ccc2c(c1)OCCO2. The molecule has 110 valence electrons. The largest absolute Gasteiger partial charge is 0.486 e. The molecule has 1 aromatic carbocycles. The van der Waals surface area contributed by atoms with Gasteiger partial charge in [-0.15, -0.1) is 0 Å². The topological polar surface area (TPSA) is 63.6 Å². The van der Waals surface area contributed by atoms with Gasteiger partial charge in [0.05, 0.1) is 11.8 Å². The Hall–Kier alpha value is -2.11. The number of ether oxygens (including phenoxy) is 2. The number of pyridine rings is 1. The molecule has 0 saturated heterocycles. The van der Waals surface area contributed by atoms with Crippen LogP contribution in [0, 0.1) is 0 Å². The molecule has 0 saturated carbocycles. The lowest BCUT2D eigenvalue weighted by Crippen LogP contribution is -2.22. The number of aromatic nitrogens is 1. The molecule has 1 aliphatic rings. The molecule has 2 N–H and O–H groups in total. The second kappa shape index (κ2) is 6.56. The Balaban J connectivity index is 1.56. The summed E-state index contributed by atoms with van der Waals surface area (Å²) in [5.41, 5.74) is 1.76. The number of fused-ring (bicyclic) bond motifs is 1. The summed E-state index contributed by atoms with van der Waals surface area (Å²) in [5.74, 6) is 1.43. The van der Waals surface area contributed by atoms with Gasteiger partial charge in [-0.1, -0.05) is 12.1 Å². The highest BCUT2D eigenvalue weighted by molar-refractivity contribution is 5.44. The third kappa shape index (κ3) is 3.51. The maximum atomic E-state index is 10.2. The summed E-state index contributed by atoms with van der Waals surface area (Å²) < 4.78 is 11.0. The molecule has 1 aliphatic heterocycles. The maximum absolute atomic E-state index is 10.2. The highest BCUT2D eigenvalue weighted by atomic mass is 16.6. The van der Waals surface area contributed by atoms with E-state index in [2.05, 4.69) is 10.3 Å². The average molecular weight is 286 g/mol. The number of rotatable bonds is 5. The Morgan fingerprint density at radius 3 is 2.81 bits per heavy atom. The fraction of sp³-hybridized carbons (Fsp3) is 0.312. The van der Waals surface area contributed by atoms with Gasteiger partial charge in [-0.3, -0.25) is 4.98 Å². The van der Waals surface area contributed by atoms with Crippen molar-refractivity contribution in [1.82, 2.24) is 10.3 Å². The summed E-state index contributed by atoms with van der Waals surface area (Å²) >= 11 is 0. The minimum Gasteiger partial charge on any atom is -0.486 e. The van der Waals surface area contributed by atoms with Crippen molar-refractivity contribution in [3.8, 4) is 11.5 Å². The van der Waals surface area contributed by atoms with Crippen LogP contribution in [-0.4, -0.2) is 29.8 Å². The summed E-state index contributed by atoms with van der Waals surface area (Å²) in [6.07, 6.45) is 1.17. The molecule has 1 atom stereocenters. The molecule has 21 heavy (non-hydrogen) atoms. The van der Waals surface area contributed by atoms with Crippen molar-refractivity contribution in [2.75, 3.05) is 19.8 Å². The van der Waals surface area contributed by atoms with Crippen LogP contribution in [-0.2, 0) is 6.54 Å². The number of nitrogens with one attached hydrogen (secondary N) is 1. The van der Waals surface area contributed by atoms with E-state index >= 15 is 0 Å². The van der Waals surface area contributed by atoms with Crippen LogP contribution in [0.25, 0.3) is 0 Å². The zero-order chi connectivity index (χ0) is 14.5. The Labute approximate surface area is 123 Å². The van der Waals surface area contributed by atoms with E-state index in [1.807, 2.05) is 36.4 Å². The van der Waals surface area contributed by atoms with Gasteiger partial charge in [0.25, 0.3) is 0 Å². The van der Waals surface area contributed by atoms with Crippen molar-refractivity contribution in [2.24, 2.45) is 0 Å². The van der Waals surface area contributed by atoms with Gasteiger partial charge < -0.3 is 19.9 Å². The molecule has 1 unspecified atom stereocenters. The van der Waals surface area contributed by atoms with Gasteiger partial charge in [0.15, 0.2) is 11.5 Å². The third-order valence-corrected chi connectivity index (χ3v) is 3.32. The van der Waals surface area contributed by atoms with E-state index in [9.17, 15) is 5.11 Å². The average Bonchev–Trinajstić information content (AvgIpc) is 2.55. The smallest absolute Gasteiger partial charge is 0.161 e. The second-order valence-corrected chi connectivity index (χ2v) is 4.87. The van der Waals surface area contributed by atoms with Gasteiger partial charge in [0, 0.05) is 19.3 Å². The van der Waals surface area contributed by atoms with E-state index < -0.39 is 6.10 Å². The first-order chi connectivity index (χ1) is 10.3. The van der Waals surface area contributed by atoms with Crippen molar-refractivity contribution in [3.63, 3.8) is 0 Å². The summed E-state index contributed by atoms with van der Waals surface area (Å²) in [7, 11) is 0. The molecule has 1 aromatic heterocycles. The normalized spacial score (nSPS) is 14.7. The molecule has 0 fully saturated rings. The van der Waals surface area contributed by atoms with E-state index in [0.717, 1.165) is 17.0 Å². The first-order valence-electron chi connectivity index (χ1n) is 7.01. The number of nitrogens with zero attached hydrogens (tertiary/aromatic N) is 1. The molecule has 0 radical (unpaired) electrons. The molecule has 5 nitrogen and oxygen atoms in total. The molecular formula is C16H18N2O3. The lowest BCUT2D eigenvalue weighted by atomic mass is 10.1. The van der Waals surface area contributed by atoms with Crippen LogP contribution in [0.2, 0.25) is 0 Å². The van der Waals surface area contributed by atoms with Crippen molar-refractivity contribution in [3.05, 3.63) is 53.9 Å². The van der Waals surface area contributed by atoms with Crippen molar-refractivity contribution >= 4 is 0 Å². The summed E-state index contributed by atoms with van der Waals surface area (Å²) in [5, 5.41) is 13.4. The molecule has 0 aliphatic carbocycles. The lowest BCUT2D eigenvalue weighted by molar-refractivity contribution is 0.163. The van der Waals surface area contributed by atoms with Crippen LogP contribution in [0.4, 0.5) is 0 Å². The highest BCUT2D eigenvalue weighted by Gasteiger charge is 2.15. The molecule has 5 heteroatoms. The molecule has 2 aromatic rings. The van der Waals surface area contributed by atoms with E-state index in [4.69, 9.17) is 9.47 Å². The quantitative estimate of drug-likeness (QED) is 0.875. The number of aliphatic hydroxyl groups is 1. The highest BCUT2D eigenvalue weighted by Crippen LogP contribution is 2.32. The van der Waals surface area contributed by atoms with E-state index in [1.54, 1.807) is 6.20 Å².